The van der Waals surface area contributed by atoms with Gasteiger partial charge in [-0.25, -0.2) is 13.1 Å². The monoisotopic (exact) mass is 249 g/mol. The highest BCUT2D eigenvalue weighted by molar-refractivity contribution is 7.90. The average Bonchev–Trinajstić information content (AvgIpc) is 2.68. The molecule has 6 heteroatoms. The first-order valence-electron chi connectivity index (χ1n) is 4.61. The molecule has 4 nitrogen and oxygen atoms in total. The third-order valence-electron chi connectivity index (χ3n) is 2.17. The molecule has 0 spiro atoms. The normalized spacial score (nSPS) is 16.2. The van der Waals surface area contributed by atoms with Gasteiger partial charge in [-0.1, -0.05) is 0 Å². The van der Waals surface area contributed by atoms with Crippen LogP contribution >= 0.6 is 11.3 Å². The highest BCUT2D eigenvalue weighted by Gasteiger charge is 2.22. The van der Waals surface area contributed by atoms with E-state index in [9.17, 15) is 8.42 Å². The van der Waals surface area contributed by atoms with Crippen LogP contribution in [0.4, 0.5) is 0 Å². The lowest BCUT2D eigenvalue weighted by atomic mass is 10.2. The van der Waals surface area contributed by atoms with E-state index < -0.39 is 15.3 Å². The second-order valence-corrected chi connectivity index (χ2v) is 6.34. The summed E-state index contributed by atoms with van der Waals surface area (Å²) in [6, 6.07) is 1.62. The van der Waals surface area contributed by atoms with Crippen LogP contribution < -0.4 is 4.72 Å². The topological polar surface area (TPSA) is 66.4 Å². The first-order valence-corrected chi connectivity index (χ1v) is 7.10. The van der Waals surface area contributed by atoms with Crippen molar-refractivity contribution in [2.45, 2.75) is 25.1 Å². The van der Waals surface area contributed by atoms with E-state index in [1.54, 1.807) is 6.92 Å². The van der Waals surface area contributed by atoms with Gasteiger partial charge in [-0.05, 0) is 36.2 Å². The smallest absolute Gasteiger partial charge is 0.217 e. The van der Waals surface area contributed by atoms with E-state index in [0.717, 1.165) is 5.56 Å². The molecule has 0 aliphatic heterocycles. The lowest BCUT2D eigenvalue weighted by Gasteiger charge is -2.16. The predicted molar refractivity (Wildman–Crippen MR) is 61.3 cm³/mol. The van der Waals surface area contributed by atoms with Crippen LogP contribution in [-0.2, 0) is 10.0 Å². The van der Waals surface area contributed by atoms with Gasteiger partial charge in [0.2, 0.25) is 10.0 Å². The Labute approximate surface area is 94.0 Å². The minimum absolute atomic E-state index is 0.254. The van der Waals surface area contributed by atoms with Crippen LogP contribution in [0, 0.1) is 0 Å². The number of thiophene rings is 1. The fourth-order valence-electron chi connectivity index (χ4n) is 1.05. The molecule has 0 saturated heterocycles. The summed E-state index contributed by atoms with van der Waals surface area (Å²) in [5.41, 5.74) is 0.939. The molecule has 0 amide bonds. The van der Waals surface area contributed by atoms with Crippen LogP contribution in [0.1, 0.15) is 25.5 Å². The quantitative estimate of drug-likeness (QED) is 0.821. The molecule has 2 N–H and O–H groups in total. The minimum atomic E-state index is -3.43. The summed E-state index contributed by atoms with van der Waals surface area (Å²) >= 11 is 1.52. The number of hydrogen-bond donors (Lipinski definition) is 2. The Balaban J connectivity index is 2.70. The molecule has 1 rings (SSSR count). The van der Waals surface area contributed by atoms with Gasteiger partial charge in [0, 0.05) is 6.04 Å². The summed E-state index contributed by atoms with van der Waals surface area (Å²) in [4.78, 5) is 0. The second kappa shape index (κ2) is 5.07. The Morgan fingerprint density at radius 1 is 1.53 bits per heavy atom. The lowest BCUT2D eigenvalue weighted by Crippen LogP contribution is -2.36. The van der Waals surface area contributed by atoms with E-state index in [1.165, 1.54) is 18.3 Å². The highest BCUT2D eigenvalue weighted by Crippen LogP contribution is 2.17. The molecule has 86 valence electrons. The zero-order valence-corrected chi connectivity index (χ0v) is 10.3. The number of hydrogen-bond acceptors (Lipinski definition) is 4. The molecule has 0 bridgehead atoms. The molecular weight excluding hydrogens is 234 g/mol. The summed E-state index contributed by atoms with van der Waals surface area (Å²) in [7, 11) is -3.43. The Morgan fingerprint density at radius 3 is 2.67 bits per heavy atom. The van der Waals surface area contributed by atoms with Crippen molar-refractivity contribution in [1.82, 2.24) is 4.72 Å². The lowest BCUT2D eigenvalue weighted by molar-refractivity contribution is 0.294. The largest absolute Gasteiger partial charge is 0.395 e. The second-order valence-electron chi connectivity index (χ2n) is 3.43. The summed E-state index contributed by atoms with van der Waals surface area (Å²) in [6.07, 6.45) is 0. The number of sulfonamides is 1. The van der Waals surface area contributed by atoms with Crippen molar-refractivity contribution in [3.8, 4) is 0 Å². The molecule has 1 heterocycles. The fourth-order valence-corrected chi connectivity index (χ4v) is 2.86. The SMILES string of the molecule is CC(NS(=O)(=O)C(C)CO)c1ccsc1. The third kappa shape index (κ3) is 3.27. The summed E-state index contributed by atoms with van der Waals surface area (Å²) < 4.78 is 25.7. The Morgan fingerprint density at radius 2 is 2.20 bits per heavy atom. The van der Waals surface area contributed by atoms with Crippen molar-refractivity contribution in [1.29, 1.82) is 0 Å². The highest BCUT2D eigenvalue weighted by atomic mass is 32.2. The average molecular weight is 249 g/mol. The van der Waals surface area contributed by atoms with Crippen molar-refractivity contribution in [2.75, 3.05) is 6.61 Å². The van der Waals surface area contributed by atoms with Crippen LogP contribution in [-0.4, -0.2) is 25.4 Å². The first kappa shape index (κ1) is 12.6. The first-order chi connectivity index (χ1) is 6.97. The van der Waals surface area contributed by atoms with E-state index >= 15 is 0 Å². The molecule has 0 radical (unpaired) electrons. The number of nitrogens with one attached hydrogen (secondary N) is 1. The maximum absolute atomic E-state index is 11.6. The van der Waals surface area contributed by atoms with Crippen LogP contribution in [0.3, 0.4) is 0 Å². The third-order valence-corrected chi connectivity index (χ3v) is 4.76. The molecule has 0 aliphatic carbocycles. The van der Waals surface area contributed by atoms with Gasteiger partial charge < -0.3 is 5.11 Å². The zero-order chi connectivity index (χ0) is 11.5. The van der Waals surface area contributed by atoms with Gasteiger partial charge in [-0.2, -0.15) is 11.3 Å². The van der Waals surface area contributed by atoms with Gasteiger partial charge >= 0.3 is 0 Å². The van der Waals surface area contributed by atoms with Crippen molar-refractivity contribution < 1.29 is 13.5 Å². The summed E-state index contributed by atoms with van der Waals surface area (Å²) in [5.74, 6) is 0. The maximum atomic E-state index is 11.6. The van der Waals surface area contributed by atoms with Gasteiger partial charge in [0.1, 0.15) is 0 Å². The number of aliphatic hydroxyl groups excluding tert-OH is 1. The van der Waals surface area contributed by atoms with E-state index in [4.69, 9.17) is 5.11 Å². The van der Waals surface area contributed by atoms with E-state index in [2.05, 4.69) is 4.72 Å². The fraction of sp³-hybridized carbons (Fsp3) is 0.556. The van der Waals surface area contributed by atoms with E-state index in [1.807, 2.05) is 16.8 Å². The summed E-state index contributed by atoms with van der Waals surface area (Å²) in [6.45, 7) is 2.89. The van der Waals surface area contributed by atoms with Gasteiger partial charge in [-0.15, -0.1) is 0 Å². The predicted octanol–water partition coefficient (Wildman–Crippen LogP) is 1.11. The molecular formula is C9H15NO3S2. The molecule has 0 aliphatic rings. The van der Waals surface area contributed by atoms with Crippen LogP contribution in [0.25, 0.3) is 0 Å². The molecule has 0 fully saturated rings. The Hall–Kier alpha value is -0.430. The number of aliphatic hydroxyl groups is 1. The zero-order valence-electron chi connectivity index (χ0n) is 8.67. The molecule has 2 atom stereocenters. The van der Waals surface area contributed by atoms with Crippen molar-refractivity contribution >= 4 is 21.4 Å². The maximum Gasteiger partial charge on any atom is 0.217 e. The number of rotatable bonds is 5. The molecule has 0 saturated carbocycles. The van der Waals surface area contributed by atoms with Crippen molar-refractivity contribution in [3.63, 3.8) is 0 Å². The minimum Gasteiger partial charge on any atom is -0.395 e. The van der Waals surface area contributed by atoms with Gasteiger partial charge in [0.25, 0.3) is 0 Å². The summed E-state index contributed by atoms with van der Waals surface area (Å²) in [5, 5.41) is 11.8. The molecule has 2 unspecified atom stereocenters. The Kier molecular flexibility index (Phi) is 4.27. The van der Waals surface area contributed by atoms with E-state index in [-0.39, 0.29) is 12.6 Å². The van der Waals surface area contributed by atoms with Gasteiger partial charge in [0.15, 0.2) is 0 Å². The molecule has 15 heavy (non-hydrogen) atoms. The van der Waals surface area contributed by atoms with Crippen molar-refractivity contribution in [3.05, 3.63) is 22.4 Å². The van der Waals surface area contributed by atoms with Crippen LogP contribution in [0.5, 0.6) is 0 Å². The Bertz CT molecular complexity index is 385. The van der Waals surface area contributed by atoms with Crippen molar-refractivity contribution in [2.24, 2.45) is 0 Å². The van der Waals surface area contributed by atoms with Gasteiger partial charge in [-0.3, -0.25) is 0 Å². The van der Waals surface area contributed by atoms with Gasteiger partial charge in [0.05, 0.1) is 11.9 Å². The molecule has 1 aromatic rings. The standard InChI is InChI=1S/C9H15NO3S2/c1-7(5-11)15(12,13)10-8(2)9-3-4-14-6-9/h3-4,6-8,10-11H,5H2,1-2H3. The van der Waals surface area contributed by atoms with Crippen LogP contribution in [0.15, 0.2) is 16.8 Å². The molecule has 1 aromatic heterocycles. The van der Waals surface area contributed by atoms with E-state index in [0.29, 0.717) is 0 Å². The van der Waals surface area contributed by atoms with Crippen LogP contribution in [0.2, 0.25) is 0 Å². The molecule has 0 aromatic carbocycles.